The van der Waals surface area contributed by atoms with Gasteiger partial charge in [-0.15, -0.1) is 5.10 Å². The Balaban J connectivity index is 1.80. The van der Waals surface area contributed by atoms with E-state index in [0.717, 1.165) is 61.7 Å². The van der Waals surface area contributed by atoms with E-state index in [9.17, 15) is 8.42 Å². The van der Waals surface area contributed by atoms with Crippen LogP contribution in [-0.4, -0.2) is 38.3 Å². The van der Waals surface area contributed by atoms with Gasteiger partial charge in [0, 0.05) is 11.6 Å². The van der Waals surface area contributed by atoms with E-state index in [1.54, 1.807) is 13.2 Å². The summed E-state index contributed by atoms with van der Waals surface area (Å²) in [7, 11) is -2.02. The fourth-order valence-corrected chi connectivity index (χ4v) is 3.89. The van der Waals surface area contributed by atoms with Gasteiger partial charge < -0.3 is 9.47 Å². The Labute approximate surface area is 184 Å². The predicted octanol–water partition coefficient (Wildman–Crippen LogP) is 4.24. The summed E-state index contributed by atoms with van der Waals surface area (Å²) in [6.45, 7) is 4.59. The SMILES string of the molecule is CCc1nn(OS(C)(=O)=O)c(CC)c1CCCCCCOc1ccc(OC)cc1Cl. The molecule has 2 aromatic rings. The highest BCUT2D eigenvalue weighted by atomic mass is 35.5. The molecule has 1 heterocycles. The Morgan fingerprint density at radius 1 is 1.10 bits per heavy atom. The molecule has 0 aliphatic heterocycles. The monoisotopic (exact) mass is 458 g/mol. The molecule has 0 aliphatic rings. The lowest BCUT2D eigenvalue weighted by Gasteiger charge is -2.09. The van der Waals surface area contributed by atoms with Gasteiger partial charge in [-0.1, -0.05) is 43.1 Å². The van der Waals surface area contributed by atoms with Crippen LogP contribution in [-0.2, 0) is 29.4 Å². The first-order valence-corrected chi connectivity index (χ1v) is 12.4. The zero-order chi connectivity index (χ0) is 22.1. The van der Waals surface area contributed by atoms with Gasteiger partial charge in [0.05, 0.1) is 36.4 Å². The molecule has 7 nitrogen and oxygen atoms in total. The maximum absolute atomic E-state index is 11.5. The number of rotatable bonds is 13. The van der Waals surface area contributed by atoms with Crippen LogP contribution in [0.3, 0.4) is 0 Å². The quantitative estimate of drug-likeness (QED) is 0.418. The van der Waals surface area contributed by atoms with Gasteiger partial charge in [0.1, 0.15) is 11.5 Å². The van der Waals surface area contributed by atoms with Gasteiger partial charge in [-0.3, -0.25) is 4.28 Å². The van der Waals surface area contributed by atoms with Crippen LogP contribution in [0.2, 0.25) is 5.02 Å². The second-order valence-corrected chi connectivity index (χ2v) is 9.00. The van der Waals surface area contributed by atoms with Crippen LogP contribution in [0, 0.1) is 0 Å². The molecule has 1 aromatic heterocycles. The highest BCUT2D eigenvalue weighted by Gasteiger charge is 2.18. The van der Waals surface area contributed by atoms with E-state index in [1.807, 2.05) is 26.0 Å². The van der Waals surface area contributed by atoms with Gasteiger partial charge in [0.2, 0.25) is 0 Å². The average Bonchev–Trinajstić information content (AvgIpc) is 3.02. The summed E-state index contributed by atoms with van der Waals surface area (Å²) in [5.74, 6) is 1.37. The van der Waals surface area contributed by atoms with E-state index in [4.69, 9.17) is 25.4 Å². The molecule has 1 aromatic carbocycles. The van der Waals surface area contributed by atoms with Crippen molar-refractivity contribution in [2.24, 2.45) is 0 Å². The maximum atomic E-state index is 11.5. The Morgan fingerprint density at radius 3 is 2.43 bits per heavy atom. The van der Waals surface area contributed by atoms with Crippen molar-refractivity contribution < 1.29 is 22.2 Å². The van der Waals surface area contributed by atoms with E-state index in [0.29, 0.717) is 29.5 Å². The second-order valence-electron chi connectivity index (χ2n) is 7.04. The van der Waals surface area contributed by atoms with Crippen molar-refractivity contribution in [2.75, 3.05) is 20.0 Å². The summed E-state index contributed by atoms with van der Waals surface area (Å²) in [6.07, 6.45) is 7.28. The number of ether oxygens (including phenoxy) is 2. The molecule has 0 fully saturated rings. The third kappa shape index (κ3) is 7.09. The van der Waals surface area contributed by atoms with Crippen LogP contribution in [0.25, 0.3) is 0 Å². The number of halogens is 1. The van der Waals surface area contributed by atoms with Gasteiger partial charge >= 0.3 is 10.1 Å². The van der Waals surface area contributed by atoms with Crippen LogP contribution in [0.4, 0.5) is 0 Å². The highest BCUT2D eigenvalue weighted by Crippen LogP contribution is 2.28. The fourth-order valence-electron chi connectivity index (χ4n) is 3.29. The number of benzene rings is 1. The topological polar surface area (TPSA) is 79.7 Å². The molecule has 0 N–H and O–H groups in total. The van der Waals surface area contributed by atoms with Crippen molar-refractivity contribution in [3.8, 4) is 11.5 Å². The van der Waals surface area contributed by atoms with Crippen LogP contribution in [0.5, 0.6) is 11.5 Å². The summed E-state index contributed by atoms with van der Waals surface area (Å²) < 4.78 is 38.9. The third-order valence-corrected chi connectivity index (χ3v) is 5.44. The smallest absolute Gasteiger partial charge is 0.325 e. The number of aryl methyl sites for hydroxylation is 1. The summed E-state index contributed by atoms with van der Waals surface area (Å²) in [4.78, 5) is 1.18. The van der Waals surface area contributed by atoms with Crippen molar-refractivity contribution >= 4 is 21.7 Å². The first-order chi connectivity index (χ1) is 14.3. The molecule has 168 valence electrons. The van der Waals surface area contributed by atoms with Crippen LogP contribution in [0.1, 0.15) is 56.5 Å². The number of aromatic nitrogens is 2. The summed E-state index contributed by atoms with van der Waals surface area (Å²) >= 11 is 6.18. The summed E-state index contributed by atoms with van der Waals surface area (Å²) in [5.41, 5.74) is 2.83. The summed E-state index contributed by atoms with van der Waals surface area (Å²) in [5, 5.41) is 4.88. The largest absolute Gasteiger partial charge is 0.497 e. The lowest BCUT2D eigenvalue weighted by Crippen LogP contribution is -2.22. The fraction of sp³-hybridized carbons (Fsp3) is 0.571. The molecule has 0 saturated heterocycles. The zero-order valence-corrected chi connectivity index (χ0v) is 19.7. The molecule has 0 unspecified atom stereocenters. The van der Waals surface area contributed by atoms with Crippen LogP contribution in [0.15, 0.2) is 18.2 Å². The average molecular weight is 459 g/mol. The molecular weight excluding hydrogens is 428 g/mol. The number of hydrogen-bond acceptors (Lipinski definition) is 6. The number of unbranched alkanes of at least 4 members (excludes halogenated alkanes) is 3. The van der Waals surface area contributed by atoms with Gasteiger partial charge in [0.25, 0.3) is 0 Å². The summed E-state index contributed by atoms with van der Waals surface area (Å²) in [6, 6.07) is 5.38. The molecule has 2 rings (SSSR count). The van der Waals surface area contributed by atoms with Gasteiger partial charge in [-0.2, -0.15) is 8.42 Å². The molecular formula is C21H31ClN2O5S. The lowest BCUT2D eigenvalue weighted by molar-refractivity contribution is 0.231. The van der Waals surface area contributed by atoms with Gasteiger partial charge in [0.15, 0.2) is 0 Å². The first-order valence-electron chi connectivity index (χ1n) is 10.2. The molecule has 0 amide bonds. The molecule has 0 radical (unpaired) electrons. The minimum Gasteiger partial charge on any atom is -0.497 e. The van der Waals surface area contributed by atoms with Gasteiger partial charge in [-0.25, -0.2) is 0 Å². The van der Waals surface area contributed by atoms with Crippen LogP contribution >= 0.6 is 11.6 Å². The van der Waals surface area contributed by atoms with Crippen molar-refractivity contribution in [1.29, 1.82) is 0 Å². The molecule has 0 aliphatic carbocycles. The van der Waals surface area contributed by atoms with Crippen molar-refractivity contribution in [3.05, 3.63) is 40.2 Å². The highest BCUT2D eigenvalue weighted by molar-refractivity contribution is 7.86. The molecule has 0 spiro atoms. The van der Waals surface area contributed by atoms with Gasteiger partial charge in [-0.05, 0) is 44.2 Å². The van der Waals surface area contributed by atoms with Crippen molar-refractivity contribution in [3.63, 3.8) is 0 Å². The predicted molar refractivity (Wildman–Crippen MR) is 118 cm³/mol. The Bertz CT molecular complexity index is 928. The van der Waals surface area contributed by atoms with E-state index in [-0.39, 0.29) is 0 Å². The molecule has 0 bridgehead atoms. The van der Waals surface area contributed by atoms with Crippen molar-refractivity contribution in [2.45, 2.75) is 58.8 Å². The van der Waals surface area contributed by atoms with E-state index in [1.165, 1.54) is 4.85 Å². The van der Waals surface area contributed by atoms with E-state index < -0.39 is 10.1 Å². The minimum atomic E-state index is -3.62. The standard InChI is InChI=1S/C21H31ClN2O5S/c1-5-19-17(20(6-2)24(23-19)29-30(4,25)26)11-9-7-8-10-14-28-21-13-12-16(27-3)15-18(21)22/h12-13,15H,5-11,14H2,1-4H3. The molecule has 0 saturated carbocycles. The van der Waals surface area contributed by atoms with Crippen LogP contribution < -0.4 is 13.8 Å². The second kappa shape index (κ2) is 11.5. The van der Waals surface area contributed by atoms with E-state index >= 15 is 0 Å². The van der Waals surface area contributed by atoms with E-state index in [2.05, 4.69) is 5.10 Å². The maximum Gasteiger partial charge on any atom is 0.325 e. The Kier molecular flexibility index (Phi) is 9.30. The molecule has 30 heavy (non-hydrogen) atoms. The minimum absolute atomic E-state index is 0.543. The number of methoxy groups -OCH3 is 1. The molecule has 9 heteroatoms. The third-order valence-electron chi connectivity index (χ3n) is 4.73. The normalized spacial score (nSPS) is 11.5. The number of hydrogen-bond donors (Lipinski definition) is 0. The Morgan fingerprint density at radius 2 is 1.83 bits per heavy atom. The first kappa shape index (κ1) is 24.3. The van der Waals surface area contributed by atoms with Crippen molar-refractivity contribution in [1.82, 2.24) is 9.94 Å². The Hall–Kier alpha value is -1.93. The lowest BCUT2D eigenvalue weighted by atomic mass is 10.0. The zero-order valence-electron chi connectivity index (χ0n) is 18.1. The molecule has 0 atom stereocenters. The number of nitrogens with zero attached hydrogens (tertiary/aromatic N) is 2.